The lowest BCUT2D eigenvalue weighted by atomic mass is 9.65. The summed E-state index contributed by atoms with van der Waals surface area (Å²) in [5, 5.41) is 0. The number of hydrogen-bond donors (Lipinski definition) is 0. The van der Waals surface area contributed by atoms with Crippen molar-refractivity contribution in [1.29, 1.82) is 0 Å². The van der Waals surface area contributed by atoms with Crippen LogP contribution in [-0.2, 0) is 12.8 Å². The Kier molecular flexibility index (Phi) is 8.78. The van der Waals surface area contributed by atoms with Crippen molar-refractivity contribution in [2.24, 2.45) is 34.5 Å². The molecular weight excluding hydrogens is 440 g/mol. The summed E-state index contributed by atoms with van der Waals surface area (Å²) in [6, 6.07) is 18.9. The van der Waals surface area contributed by atoms with E-state index in [0.717, 1.165) is 23.7 Å². The van der Waals surface area contributed by atoms with E-state index in [4.69, 9.17) is 0 Å². The summed E-state index contributed by atoms with van der Waals surface area (Å²) in [6.45, 7) is 14.7. The second kappa shape index (κ2) is 11.5. The Morgan fingerprint density at radius 3 is 1.40 bits per heavy atom. The predicted molar refractivity (Wildman–Crippen MR) is 154 cm³/mol. The highest BCUT2D eigenvalue weighted by Crippen LogP contribution is 2.45. The van der Waals surface area contributed by atoms with Crippen LogP contribution in [0.4, 0.5) is 0 Å². The zero-order chi connectivity index (χ0) is 25.1. The zero-order valence-corrected chi connectivity index (χ0v) is 24.2. The first-order chi connectivity index (χ1) is 16.6. The molecule has 192 valence electrons. The Bertz CT molecular complexity index is 866. The first-order valence-electron chi connectivity index (χ1n) is 14.5. The fraction of sp³-hybridized carbons (Fsp3) is 0.647. The van der Waals surface area contributed by atoms with Gasteiger partial charge in [-0.05, 0) is 108 Å². The van der Waals surface area contributed by atoms with E-state index >= 15 is 0 Å². The van der Waals surface area contributed by atoms with Gasteiger partial charge >= 0.3 is 0 Å². The van der Waals surface area contributed by atoms with E-state index in [-0.39, 0.29) is 0 Å². The van der Waals surface area contributed by atoms with Crippen molar-refractivity contribution in [3.05, 3.63) is 59.7 Å². The van der Waals surface area contributed by atoms with Gasteiger partial charge in [-0.3, -0.25) is 0 Å². The van der Waals surface area contributed by atoms with Gasteiger partial charge in [0, 0.05) is 9.79 Å². The summed E-state index contributed by atoms with van der Waals surface area (Å²) in [5.74, 6) is 3.36. The Labute approximate surface area is 221 Å². The summed E-state index contributed by atoms with van der Waals surface area (Å²) >= 11 is 1.95. The van der Waals surface area contributed by atoms with Crippen LogP contribution in [0.15, 0.2) is 58.3 Å². The third-order valence-electron chi connectivity index (χ3n) is 9.07. The molecule has 0 aromatic heterocycles. The number of hydrogen-bond acceptors (Lipinski definition) is 1. The van der Waals surface area contributed by atoms with Crippen LogP contribution in [0.3, 0.4) is 0 Å². The Morgan fingerprint density at radius 1 is 0.600 bits per heavy atom. The molecule has 2 aliphatic carbocycles. The van der Waals surface area contributed by atoms with E-state index in [2.05, 4.69) is 90.1 Å². The van der Waals surface area contributed by atoms with Crippen LogP contribution in [0.1, 0.15) is 104 Å². The van der Waals surface area contributed by atoms with E-state index < -0.39 is 0 Å². The van der Waals surface area contributed by atoms with Crippen molar-refractivity contribution < 1.29 is 0 Å². The SMILES string of the molecule is CC(C)(C)C1CCCCC1Cc1cccc(Sc2cccc(CC3CCCCC3C(C)(C)C)c2)c1. The molecule has 4 atom stereocenters. The average molecular weight is 491 g/mol. The maximum absolute atomic E-state index is 2.47. The van der Waals surface area contributed by atoms with E-state index in [1.54, 1.807) is 0 Å². The normalized spacial score (nSPS) is 26.0. The third kappa shape index (κ3) is 7.41. The van der Waals surface area contributed by atoms with Crippen LogP contribution in [0.2, 0.25) is 0 Å². The van der Waals surface area contributed by atoms with Crippen molar-refractivity contribution >= 4 is 11.8 Å². The lowest BCUT2D eigenvalue weighted by molar-refractivity contribution is 0.107. The molecule has 0 nitrogen and oxygen atoms in total. The Balaban J connectivity index is 1.43. The summed E-state index contributed by atoms with van der Waals surface area (Å²) in [6.07, 6.45) is 13.8. The lowest BCUT2D eigenvalue weighted by Gasteiger charge is -2.40. The van der Waals surface area contributed by atoms with Crippen LogP contribution >= 0.6 is 11.8 Å². The van der Waals surface area contributed by atoms with Gasteiger partial charge in [-0.15, -0.1) is 0 Å². The minimum absolute atomic E-state index is 0.419. The second-order valence-electron chi connectivity index (χ2n) is 13.8. The molecule has 0 radical (unpaired) electrons. The van der Waals surface area contributed by atoms with Gasteiger partial charge in [0.2, 0.25) is 0 Å². The largest absolute Gasteiger partial charge is 0.0901 e. The van der Waals surface area contributed by atoms with Gasteiger partial charge in [-0.1, -0.05) is 103 Å². The molecule has 2 aromatic rings. The van der Waals surface area contributed by atoms with E-state index in [9.17, 15) is 0 Å². The fourth-order valence-corrected chi connectivity index (χ4v) is 8.38. The van der Waals surface area contributed by atoms with Crippen LogP contribution in [0.25, 0.3) is 0 Å². The minimum atomic E-state index is 0.419. The maximum atomic E-state index is 2.47. The van der Waals surface area contributed by atoms with Crippen molar-refractivity contribution in [2.45, 2.75) is 116 Å². The first kappa shape index (κ1) is 26.8. The molecule has 0 N–H and O–H groups in total. The molecule has 1 heteroatoms. The van der Waals surface area contributed by atoms with Crippen LogP contribution < -0.4 is 0 Å². The molecule has 2 saturated carbocycles. The summed E-state index contributed by atoms with van der Waals surface area (Å²) in [7, 11) is 0. The molecule has 0 spiro atoms. The lowest BCUT2D eigenvalue weighted by Crippen LogP contribution is -2.32. The zero-order valence-electron chi connectivity index (χ0n) is 23.4. The monoisotopic (exact) mass is 490 g/mol. The van der Waals surface area contributed by atoms with Gasteiger partial charge in [0.15, 0.2) is 0 Å². The highest BCUT2D eigenvalue weighted by Gasteiger charge is 2.35. The molecule has 0 saturated heterocycles. The molecule has 0 heterocycles. The van der Waals surface area contributed by atoms with Crippen molar-refractivity contribution in [3.63, 3.8) is 0 Å². The van der Waals surface area contributed by atoms with E-state index in [1.165, 1.54) is 85.1 Å². The third-order valence-corrected chi connectivity index (χ3v) is 10.1. The first-order valence-corrected chi connectivity index (χ1v) is 15.3. The molecule has 4 rings (SSSR count). The Morgan fingerprint density at radius 2 is 1.00 bits per heavy atom. The maximum Gasteiger partial charge on any atom is 0.0125 e. The van der Waals surface area contributed by atoms with Crippen molar-refractivity contribution in [1.82, 2.24) is 0 Å². The molecular formula is C34H50S. The smallest absolute Gasteiger partial charge is 0.0125 e. The van der Waals surface area contributed by atoms with Crippen LogP contribution in [0, 0.1) is 34.5 Å². The van der Waals surface area contributed by atoms with Crippen molar-refractivity contribution in [2.75, 3.05) is 0 Å². The van der Waals surface area contributed by atoms with Crippen LogP contribution in [-0.4, -0.2) is 0 Å². The molecule has 2 aromatic carbocycles. The molecule has 4 unspecified atom stereocenters. The minimum Gasteiger partial charge on any atom is -0.0901 e. The van der Waals surface area contributed by atoms with E-state index in [0.29, 0.717) is 10.8 Å². The second-order valence-corrected chi connectivity index (χ2v) is 15.0. The predicted octanol–water partition coefficient (Wildman–Crippen LogP) is 10.6. The highest BCUT2D eigenvalue weighted by atomic mass is 32.2. The van der Waals surface area contributed by atoms with Gasteiger partial charge in [-0.2, -0.15) is 0 Å². The van der Waals surface area contributed by atoms with Crippen LogP contribution in [0.5, 0.6) is 0 Å². The number of benzene rings is 2. The summed E-state index contributed by atoms with van der Waals surface area (Å²) in [5.41, 5.74) is 3.90. The quantitative estimate of drug-likeness (QED) is 0.388. The number of rotatable bonds is 6. The Hall–Kier alpha value is -1.21. The van der Waals surface area contributed by atoms with Gasteiger partial charge < -0.3 is 0 Å². The fourth-order valence-electron chi connectivity index (χ4n) is 7.40. The molecule has 0 aliphatic heterocycles. The summed E-state index contributed by atoms with van der Waals surface area (Å²) in [4.78, 5) is 2.79. The molecule has 0 amide bonds. The molecule has 35 heavy (non-hydrogen) atoms. The van der Waals surface area contributed by atoms with Gasteiger partial charge in [0.25, 0.3) is 0 Å². The van der Waals surface area contributed by atoms with Gasteiger partial charge in [0.05, 0.1) is 0 Å². The van der Waals surface area contributed by atoms with Gasteiger partial charge in [0.1, 0.15) is 0 Å². The highest BCUT2D eigenvalue weighted by molar-refractivity contribution is 7.99. The molecule has 2 fully saturated rings. The molecule has 0 bridgehead atoms. The topological polar surface area (TPSA) is 0 Å². The van der Waals surface area contributed by atoms with E-state index in [1.807, 2.05) is 11.8 Å². The standard InChI is InChI=1S/C34H50S/c1-33(2,3)31-19-9-7-15-27(31)21-25-13-11-17-29(23-25)35-30-18-12-14-26(24-30)22-28-16-8-10-20-32(28)34(4,5)6/h11-14,17-18,23-24,27-28,31-32H,7-10,15-16,19-22H2,1-6H3. The summed E-state index contributed by atoms with van der Waals surface area (Å²) < 4.78 is 0. The van der Waals surface area contributed by atoms with Crippen molar-refractivity contribution in [3.8, 4) is 0 Å². The average Bonchev–Trinajstić information content (AvgIpc) is 2.79. The van der Waals surface area contributed by atoms with Gasteiger partial charge in [-0.25, -0.2) is 0 Å². The molecule has 2 aliphatic rings.